The van der Waals surface area contributed by atoms with Crippen molar-refractivity contribution < 1.29 is 37.4 Å². The summed E-state index contributed by atoms with van der Waals surface area (Å²) in [6.07, 6.45) is -5.62. The molecule has 1 aliphatic heterocycles. The van der Waals surface area contributed by atoms with Gasteiger partial charge in [0.15, 0.2) is 12.4 Å². The summed E-state index contributed by atoms with van der Waals surface area (Å²) in [7, 11) is -4.27. The molecule has 1 saturated heterocycles. The number of carbonyl (C=O) groups is 1. The molecule has 0 spiro atoms. The zero-order valence-electron chi connectivity index (χ0n) is 19.2. The van der Waals surface area contributed by atoms with Gasteiger partial charge >= 0.3 is 19.4 Å². The molecule has 11 nitrogen and oxygen atoms in total. The van der Waals surface area contributed by atoms with Crippen LogP contribution in [0.3, 0.4) is 0 Å². The highest BCUT2D eigenvalue weighted by Crippen LogP contribution is 2.46. The minimum absolute atomic E-state index is 0.158. The summed E-state index contributed by atoms with van der Waals surface area (Å²) in [5.74, 6) is -0.529. The molecule has 6 unspecified atom stereocenters. The molecule has 3 rings (SSSR count). The smallest absolute Gasteiger partial charge is 0.459 e. The number of H-pyrrole nitrogens is 1. The molecular formula is C21H27FN3O8PS. The number of benzene rings is 1. The van der Waals surface area contributed by atoms with Crippen molar-refractivity contribution in [3.05, 3.63) is 57.7 Å². The second-order valence-corrected chi connectivity index (χ2v) is 10.2. The van der Waals surface area contributed by atoms with Crippen molar-refractivity contribution in [2.24, 2.45) is 0 Å². The number of aliphatic hydroxyl groups is 1. The van der Waals surface area contributed by atoms with Crippen molar-refractivity contribution in [3.63, 3.8) is 0 Å². The monoisotopic (exact) mass is 531 g/mol. The van der Waals surface area contributed by atoms with Gasteiger partial charge in [-0.15, -0.1) is 0 Å². The number of rotatable bonds is 10. The van der Waals surface area contributed by atoms with Crippen LogP contribution in [0.25, 0.3) is 0 Å². The third-order valence-corrected chi connectivity index (χ3v) is 6.73. The zero-order chi connectivity index (χ0) is 25.8. The molecule has 14 heteroatoms. The Labute approximate surface area is 205 Å². The highest BCUT2D eigenvalue weighted by molar-refractivity contribution is 7.71. The van der Waals surface area contributed by atoms with Gasteiger partial charge in [-0.25, -0.2) is 13.8 Å². The Hall–Kier alpha value is -2.41. The summed E-state index contributed by atoms with van der Waals surface area (Å²) in [5.41, 5.74) is -0.701. The van der Waals surface area contributed by atoms with Gasteiger partial charge < -0.3 is 19.1 Å². The third kappa shape index (κ3) is 7.06. The van der Waals surface area contributed by atoms with Gasteiger partial charge in [-0.3, -0.25) is 18.9 Å². The van der Waals surface area contributed by atoms with Crippen LogP contribution in [-0.4, -0.2) is 57.8 Å². The van der Waals surface area contributed by atoms with Gasteiger partial charge in [0.2, 0.25) is 0 Å². The maximum Gasteiger partial charge on any atom is 0.459 e. The highest BCUT2D eigenvalue weighted by Gasteiger charge is 2.47. The van der Waals surface area contributed by atoms with Crippen LogP contribution in [0.4, 0.5) is 4.39 Å². The lowest BCUT2D eigenvalue weighted by Gasteiger charge is -2.24. The van der Waals surface area contributed by atoms with Crippen LogP contribution < -0.4 is 15.3 Å². The molecule has 6 atom stereocenters. The van der Waals surface area contributed by atoms with Crippen LogP contribution >= 0.6 is 20.0 Å². The SMILES string of the molecule is CC(C)OC(=O)C(C)NP(=O)(OCC1OC(n2ccc(=S)[nH]c2=O)C(O)C1F)Oc1ccccc1. The largest absolute Gasteiger partial charge is 0.462 e. The van der Waals surface area contributed by atoms with Crippen LogP contribution in [-0.2, 0) is 23.4 Å². The lowest BCUT2D eigenvalue weighted by atomic mass is 10.1. The van der Waals surface area contributed by atoms with Gasteiger partial charge in [-0.05, 0) is 39.0 Å². The molecular weight excluding hydrogens is 504 g/mol. The number of aromatic amines is 1. The fourth-order valence-corrected chi connectivity index (χ4v) is 4.86. The van der Waals surface area contributed by atoms with E-state index in [2.05, 4.69) is 10.1 Å². The average Bonchev–Trinajstić information content (AvgIpc) is 3.06. The molecule has 0 radical (unpaired) electrons. The zero-order valence-corrected chi connectivity index (χ0v) is 20.9. The Bertz CT molecular complexity index is 1180. The molecule has 2 heterocycles. The van der Waals surface area contributed by atoms with Crippen molar-refractivity contribution in [2.75, 3.05) is 6.61 Å². The number of aromatic nitrogens is 2. The first-order valence-electron chi connectivity index (χ1n) is 10.8. The van der Waals surface area contributed by atoms with Crippen molar-refractivity contribution in [3.8, 4) is 5.75 Å². The predicted molar refractivity (Wildman–Crippen MR) is 125 cm³/mol. The number of hydrogen-bond acceptors (Lipinski definition) is 9. The standard InChI is InChI=1S/C21H27FN3O8PS/c1-12(2)31-20(27)13(3)24-34(29,33-14-7-5-4-6-8-14)30-11-15-17(22)18(26)19(32-15)25-10-9-16(35)23-21(25)28/h4-10,12-13,15,17-19,26H,11H2,1-3H3,(H,24,29)(H,23,28,35). The first-order chi connectivity index (χ1) is 16.5. The molecule has 0 bridgehead atoms. The lowest BCUT2D eigenvalue weighted by molar-refractivity contribution is -0.149. The first-order valence-corrected chi connectivity index (χ1v) is 12.7. The number of hydrogen-bond donors (Lipinski definition) is 3. The first kappa shape index (κ1) is 27.2. The van der Waals surface area contributed by atoms with Gasteiger partial charge in [0.05, 0.1) is 12.7 Å². The van der Waals surface area contributed by atoms with E-state index in [1.807, 2.05) is 0 Å². The van der Waals surface area contributed by atoms with E-state index < -0.39 is 62.8 Å². The van der Waals surface area contributed by atoms with E-state index in [4.69, 9.17) is 30.7 Å². The van der Waals surface area contributed by atoms with Crippen LogP contribution in [0.15, 0.2) is 47.4 Å². The number of alkyl halides is 1. The minimum Gasteiger partial charge on any atom is -0.462 e. The summed E-state index contributed by atoms with van der Waals surface area (Å²) >= 11 is 4.87. The van der Waals surface area contributed by atoms with E-state index in [1.54, 1.807) is 32.0 Å². The number of carbonyl (C=O) groups excluding carboxylic acids is 1. The van der Waals surface area contributed by atoms with E-state index in [-0.39, 0.29) is 10.4 Å². The molecule has 2 aromatic rings. The van der Waals surface area contributed by atoms with Crippen LogP contribution in [0.2, 0.25) is 0 Å². The Morgan fingerprint density at radius 2 is 2.00 bits per heavy atom. The maximum atomic E-state index is 14.8. The Morgan fingerprint density at radius 1 is 1.31 bits per heavy atom. The Balaban J connectivity index is 1.75. The summed E-state index contributed by atoms with van der Waals surface area (Å²) in [4.78, 5) is 26.7. The maximum absolute atomic E-state index is 14.8. The second kappa shape index (κ2) is 11.5. The van der Waals surface area contributed by atoms with Crippen molar-refractivity contribution in [1.29, 1.82) is 0 Å². The Morgan fingerprint density at radius 3 is 2.63 bits per heavy atom. The summed E-state index contributed by atoms with van der Waals surface area (Å²) < 4.78 is 51.0. The van der Waals surface area contributed by atoms with E-state index in [0.717, 1.165) is 4.57 Å². The van der Waals surface area contributed by atoms with Crippen molar-refractivity contribution in [1.82, 2.24) is 14.6 Å². The van der Waals surface area contributed by atoms with Crippen LogP contribution in [0, 0.1) is 4.64 Å². The van der Waals surface area contributed by atoms with Crippen molar-refractivity contribution in [2.45, 2.75) is 57.5 Å². The predicted octanol–water partition coefficient (Wildman–Crippen LogP) is 2.64. The van der Waals surface area contributed by atoms with Gasteiger partial charge in [-0.1, -0.05) is 30.4 Å². The van der Waals surface area contributed by atoms with E-state index >= 15 is 0 Å². The molecule has 1 aromatic heterocycles. The minimum atomic E-state index is -4.27. The number of ether oxygens (including phenoxy) is 2. The molecule has 3 N–H and O–H groups in total. The number of aliphatic hydroxyl groups excluding tert-OH is 1. The van der Waals surface area contributed by atoms with Crippen LogP contribution in [0.1, 0.15) is 27.0 Å². The molecule has 1 aliphatic rings. The molecule has 35 heavy (non-hydrogen) atoms. The molecule has 1 fully saturated rings. The highest BCUT2D eigenvalue weighted by atomic mass is 32.1. The van der Waals surface area contributed by atoms with Gasteiger partial charge in [-0.2, -0.15) is 5.09 Å². The van der Waals surface area contributed by atoms with E-state index in [9.17, 15) is 23.7 Å². The van der Waals surface area contributed by atoms with Crippen molar-refractivity contribution >= 4 is 25.9 Å². The van der Waals surface area contributed by atoms with E-state index in [1.165, 1.54) is 31.3 Å². The van der Waals surface area contributed by atoms with Gasteiger partial charge in [0.25, 0.3) is 0 Å². The number of halogens is 1. The lowest BCUT2D eigenvalue weighted by Crippen LogP contribution is -2.37. The number of para-hydroxylation sites is 1. The molecule has 192 valence electrons. The fraction of sp³-hybridized carbons (Fsp3) is 0.476. The average molecular weight is 531 g/mol. The number of nitrogens with zero attached hydrogens (tertiary/aromatic N) is 1. The Kier molecular flexibility index (Phi) is 8.97. The summed E-state index contributed by atoms with van der Waals surface area (Å²) in [6.45, 7) is 4.10. The fourth-order valence-electron chi connectivity index (χ4n) is 3.21. The summed E-state index contributed by atoms with van der Waals surface area (Å²) in [6, 6.07) is 8.31. The number of nitrogens with one attached hydrogen (secondary N) is 2. The number of esters is 1. The molecule has 0 amide bonds. The molecule has 0 aliphatic carbocycles. The van der Waals surface area contributed by atoms with Crippen LogP contribution in [0.5, 0.6) is 5.75 Å². The van der Waals surface area contributed by atoms with E-state index in [0.29, 0.717) is 0 Å². The van der Waals surface area contributed by atoms with Gasteiger partial charge in [0, 0.05) is 6.20 Å². The quantitative estimate of drug-likeness (QED) is 0.238. The summed E-state index contributed by atoms with van der Waals surface area (Å²) in [5, 5.41) is 12.8. The molecule has 0 saturated carbocycles. The normalized spacial score (nSPS) is 24.6. The second-order valence-electron chi connectivity index (χ2n) is 8.05. The topological polar surface area (TPSA) is 141 Å². The third-order valence-electron chi connectivity index (χ3n) is 4.85. The van der Waals surface area contributed by atoms with Gasteiger partial charge in [0.1, 0.15) is 28.6 Å². The molecule has 1 aromatic carbocycles.